The van der Waals surface area contributed by atoms with Crippen LogP contribution < -0.4 is 0 Å². The molecule has 0 bridgehead atoms. The van der Waals surface area contributed by atoms with Gasteiger partial charge in [-0.1, -0.05) is 30.3 Å². The quantitative estimate of drug-likeness (QED) is 0.759. The van der Waals surface area contributed by atoms with Gasteiger partial charge in [0, 0.05) is 17.3 Å². The van der Waals surface area contributed by atoms with Gasteiger partial charge in [-0.15, -0.1) is 15.0 Å². The molecule has 3 rings (SSSR count). The zero-order chi connectivity index (χ0) is 13.1. The van der Waals surface area contributed by atoms with Crippen molar-refractivity contribution in [1.82, 2.24) is 25.2 Å². The lowest BCUT2D eigenvalue weighted by atomic mass is 10.2. The van der Waals surface area contributed by atoms with Gasteiger partial charge >= 0.3 is 0 Å². The van der Waals surface area contributed by atoms with Crippen LogP contribution in [-0.4, -0.2) is 30.3 Å². The molecular formula is C13H11N5O. The molecule has 2 aromatic heterocycles. The standard InChI is InChI=1S/C13H11N5O/c19-9-11-6-7-14-8-12(11)18-16-13(15-17-18)10-4-2-1-3-5-10/h1-8,19H,9H2. The summed E-state index contributed by atoms with van der Waals surface area (Å²) in [6, 6.07) is 11.3. The maximum atomic E-state index is 9.29. The van der Waals surface area contributed by atoms with E-state index in [9.17, 15) is 5.11 Å². The van der Waals surface area contributed by atoms with Crippen LogP contribution in [0, 0.1) is 0 Å². The van der Waals surface area contributed by atoms with Gasteiger partial charge in [-0.25, -0.2) is 0 Å². The summed E-state index contributed by atoms with van der Waals surface area (Å²) in [5.74, 6) is 0.536. The molecular weight excluding hydrogens is 242 g/mol. The van der Waals surface area contributed by atoms with Gasteiger partial charge in [-0.3, -0.25) is 4.98 Å². The highest BCUT2D eigenvalue weighted by Gasteiger charge is 2.09. The van der Waals surface area contributed by atoms with Crippen LogP contribution in [0.15, 0.2) is 48.8 Å². The molecule has 19 heavy (non-hydrogen) atoms. The molecule has 0 spiro atoms. The van der Waals surface area contributed by atoms with Gasteiger partial charge in [-0.05, 0) is 11.3 Å². The normalized spacial score (nSPS) is 10.6. The maximum Gasteiger partial charge on any atom is 0.205 e. The van der Waals surface area contributed by atoms with Crippen LogP contribution in [0.2, 0.25) is 0 Å². The molecule has 0 unspecified atom stereocenters. The van der Waals surface area contributed by atoms with E-state index in [1.165, 1.54) is 4.80 Å². The molecule has 6 heteroatoms. The Kier molecular flexibility index (Phi) is 2.99. The molecule has 0 radical (unpaired) electrons. The SMILES string of the molecule is OCc1ccncc1-n1nnc(-c2ccccc2)n1. The monoisotopic (exact) mass is 253 g/mol. The van der Waals surface area contributed by atoms with Crippen LogP contribution in [0.1, 0.15) is 5.56 Å². The lowest BCUT2D eigenvalue weighted by molar-refractivity contribution is 0.281. The first kappa shape index (κ1) is 11.5. The fourth-order valence-electron chi connectivity index (χ4n) is 1.75. The van der Waals surface area contributed by atoms with Crippen molar-refractivity contribution in [3.63, 3.8) is 0 Å². The van der Waals surface area contributed by atoms with Crippen molar-refractivity contribution in [3.05, 3.63) is 54.4 Å². The van der Waals surface area contributed by atoms with E-state index in [0.29, 0.717) is 17.1 Å². The first-order valence-corrected chi connectivity index (χ1v) is 5.78. The van der Waals surface area contributed by atoms with Crippen molar-refractivity contribution in [2.24, 2.45) is 0 Å². The summed E-state index contributed by atoms with van der Waals surface area (Å²) in [5.41, 5.74) is 2.22. The second-order valence-corrected chi connectivity index (χ2v) is 3.93. The molecule has 1 N–H and O–H groups in total. The van der Waals surface area contributed by atoms with E-state index in [-0.39, 0.29) is 6.61 Å². The molecule has 0 saturated heterocycles. The van der Waals surface area contributed by atoms with Gasteiger partial charge in [0.25, 0.3) is 0 Å². The van der Waals surface area contributed by atoms with E-state index in [4.69, 9.17) is 0 Å². The number of nitrogens with zero attached hydrogens (tertiary/aromatic N) is 5. The molecule has 0 aliphatic rings. The first-order valence-electron chi connectivity index (χ1n) is 5.78. The van der Waals surface area contributed by atoms with E-state index < -0.39 is 0 Å². The van der Waals surface area contributed by atoms with Crippen LogP contribution in [-0.2, 0) is 6.61 Å². The molecule has 0 aliphatic carbocycles. The van der Waals surface area contributed by atoms with Gasteiger partial charge in [0.1, 0.15) is 5.69 Å². The fraction of sp³-hybridized carbons (Fsp3) is 0.0769. The first-order chi connectivity index (χ1) is 9.38. The molecule has 0 amide bonds. The second kappa shape index (κ2) is 4.95. The Labute approximate surface area is 109 Å². The van der Waals surface area contributed by atoms with E-state index >= 15 is 0 Å². The molecule has 0 aliphatic heterocycles. The molecule has 6 nitrogen and oxygen atoms in total. The topological polar surface area (TPSA) is 76.7 Å². The number of aromatic nitrogens is 5. The van der Waals surface area contributed by atoms with Crippen molar-refractivity contribution in [3.8, 4) is 17.1 Å². The highest BCUT2D eigenvalue weighted by Crippen LogP contribution is 2.15. The molecule has 2 heterocycles. The van der Waals surface area contributed by atoms with E-state index in [2.05, 4.69) is 20.4 Å². The van der Waals surface area contributed by atoms with Crippen LogP contribution in [0.25, 0.3) is 17.1 Å². The third kappa shape index (κ3) is 2.21. The van der Waals surface area contributed by atoms with E-state index in [0.717, 1.165) is 5.56 Å². The molecule has 0 fully saturated rings. The second-order valence-electron chi connectivity index (χ2n) is 3.93. The van der Waals surface area contributed by atoms with Crippen molar-refractivity contribution < 1.29 is 5.11 Å². The third-order valence-corrected chi connectivity index (χ3v) is 2.72. The number of benzene rings is 1. The lowest BCUT2D eigenvalue weighted by Gasteiger charge is -2.02. The summed E-state index contributed by atoms with van der Waals surface area (Å²) in [7, 11) is 0. The minimum absolute atomic E-state index is 0.0972. The minimum Gasteiger partial charge on any atom is -0.392 e. The summed E-state index contributed by atoms with van der Waals surface area (Å²) in [6.45, 7) is -0.0972. The van der Waals surface area contributed by atoms with Crippen molar-refractivity contribution in [2.45, 2.75) is 6.61 Å². The highest BCUT2D eigenvalue weighted by molar-refractivity contribution is 5.53. The number of tetrazole rings is 1. The smallest absolute Gasteiger partial charge is 0.205 e. The summed E-state index contributed by atoms with van der Waals surface area (Å²) < 4.78 is 0. The van der Waals surface area contributed by atoms with Crippen LogP contribution >= 0.6 is 0 Å². The predicted octanol–water partition coefficient (Wildman–Crippen LogP) is 1.22. The Morgan fingerprint density at radius 2 is 1.95 bits per heavy atom. The molecule has 0 saturated carbocycles. The molecule has 0 atom stereocenters. The zero-order valence-corrected chi connectivity index (χ0v) is 10.0. The van der Waals surface area contributed by atoms with Gasteiger partial charge in [0.15, 0.2) is 0 Å². The number of aliphatic hydroxyl groups excluding tert-OH is 1. The number of pyridine rings is 1. The van der Waals surface area contributed by atoms with Crippen LogP contribution in [0.5, 0.6) is 0 Å². The number of hydrogen-bond donors (Lipinski definition) is 1. The molecule has 3 aromatic rings. The maximum absolute atomic E-state index is 9.29. The average Bonchev–Trinajstić information content (AvgIpc) is 2.98. The van der Waals surface area contributed by atoms with Crippen LogP contribution in [0.4, 0.5) is 0 Å². The van der Waals surface area contributed by atoms with Crippen molar-refractivity contribution in [2.75, 3.05) is 0 Å². The zero-order valence-electron chi connectivity index (χ0n) is 10.0. The van der Waals surface area contributed by atoms with Gasteiger partial charge in [0.2, 0.25) is 5.82 Å². The average molecular weight is 253 g/mol. The van der Waals surface area contributed by atoms with E-state index in [1.54, 1.807) is 18.5 Å². The Hall–Kier alpha value is -2.60. The number of aliphatic hydroxyl groups is 1. The van der Waals surface area contributed by atoms with Crippen LogP contribution in [0.3, 0.4) is 0 Å². The summed E-state index contributed by atoms with van der Waals surface area (Å²) in [4.78, 5) is 5.39. The Morgan fingerprint density at radius 3 is 2.74 bits per heavy atom. The van der Waals surface area contributed by atoms with E-state index in [1.807, 2.05) is 30.3 Å². The lowest BCUT2D eigenvalue weighted by Crippen LogP contribution is -2.04. The fourth-order valence-corrected chi connectivity index (χ4v) is 1.75. The summed E-state index contributed by atoms with van der Waals surface area (Å²) >= 11 is 0. The minimum atomic E-state index is -0.0972. The Balaban J connectivity index is 2.02. The predicted molar refractivity (Wildman–Crippen MR) is 68.3 cm³/mol. The summed E-state index contributed by atoms with van der Waals surface area (Å²) in [6.07, 6.45) is 3.21. The largest absolute Gasteiger partial charge is 0.392 e. The van der Waals surface area contributed by atoms with Gasteiger partial charge < -0.3 is 5.11 Å². The Morgan fingerprint density at radius 1 is 1.11 bits per heavy atom. The summed E-state index contributed by atoms with van der Waals surface area (Å²) in [5, 5.41) is 21.6. The Bertz CT molecular complexity index is 680. The highest BCUT2D eigenvalue weighted by atomic mass is 16.3. The van der Waals surface area contributed by atoms with Crippen molar-refractivity contribution >= 4 is 0 Å². The number of hydrogen-bond acceptors (Lipinski definition) is 5. The molecule has 1 aromatic carbocycles. The van der Waals surface area contributed by atoms with Gasteiger partial charge in [0.05, 0.1) is 12.8 Å². The van der Waals surface area contributed by atoms with Gasteiger partial charge in [-0.2, -0.15) is 0 Å². The third-order valence-electron chi connectivity index (χ3n) is 2.72. The van der Waals surface area contributed by atoms with Crippen molar-refractivity contribution in [1.29, 1.82) is 0 Å². The number of rotatable bonds is 3. The molecule has 94 valence electrons.